The lowest BCUT2D eigenvalue weighted by Gasteiger charge is -2.11. The van der Waals surface area contributed by atoms with Crippen LogP contribution in [0.1, 0.15) is 15.9 Å². The number of rotatable bonds is 3. The van der Waals surface area contributed by atoms with Crippen molar-refractivity contribution in [3.8, 4) is 11.5 Å². The highest BCUT2D eigenvalue weighted by atomic mass is 16.5. The summed E-state index contributed by atoms with van der Waals surface area (Å²) in [4.78, 5) is 12.1. The van der Waals surface area contributed by atoms with Crippen molar-refractivity contribution in [2.75, 3.05) is 18.2 Å². The van der Waals surface area contributed by atoms with Crippen LogP contribution in [0.25, 0.3) is 0 Å². The number of aromatic hydroxyl groups is 1. The van der Waals surface area contributed by atoms with Crippen LogP contribution < -0.4 is 15.8 Å². The number of carbonyl (C=O) groups excluding carboxylic acids is 1. The van der Waals surface area contributed by atoms with Crippen LogP contribution in [0.3, 0.4) is 0 Å². The summed E-state index contributed by atoms with van der Waals surface area (Å²) in [5.41, 5.74) is 7.40. The summed E-state index contributed by atoms with van der Waals surface area (Å²) >= 11 is 0. The number of phenolic OH excluding ortho intramolecular Hbond substituents is 1. The molecule has 0 spiro atoms. The third-order valence-corrected chi connectivity index (χ3v) is 2.99. The van der Waals surface area contributed by atoms with E-state index in [9.17, 15) is 9.90 Å². The van der Waals surface area contributed by atoms with Gasteiger partial charge in [0.1, 0.15) is 5.75 Å². The molecule has 20 heavy (non-hydrogen) atoms. The van der Waals surface area contributed by atoms with E-state index in [-0.39, 0.29) is 17.0 Å². The summed E-state index contributed by atoms with van der Waals surface area (Å²) in [7, 11) is 1.58. The maximum Gasteiger partial charge on any atom is 0.259 e. The van der Waals surface area contributed by atoms with Gasteiger partial charge in [0.2, 0.25) is 0 Å². The molecule has 4 N–H and O–H groups in total. The van der Waals surface area contributed by atoms with Gasteiger partial charge in [-0.25, -0.2) is 0 Å². The van der Waals surface area contributed by atoms with Gasteiger partial charge in [-0.2, -0.15) is 0 Å². The highest BCUT2D eigenvalue weighted by Gasteiger charge is 2.14. The fourth-order valence-corrected chi connectivity index (χ4v) is 1.84. The number of hydrogen-bond acceptors (Lipinski definition) is 4. The minimum atomic E-state index is -0.414. The van der Waals surface area contributed by atoms with E-state index in [1.807, 2.05) is 13.0 Å². The van der Waals surface area contributed by atoms with E-state index in [2.05, 4.69) is 5.32 Å². The smallest absolute Gasteiger partial charge is 0.259 e. The van der Waals surface area contributed by atoms with Gasteiger partial charge in [0, 0.05) is 5.69 Å². The molecule has 104 valence electrons. The van der Waals surface area contributed by atoms with Gasteiger partial charge in [0.05, 0.1) is 18.4 Å². The quantitative estimate of drug-likeness (QED) is 0.592. The third-order valence-electron chi connectivity index (χ3n) is 2.99. The minimum absolute atomic E-state index is 0.139. The summed E-state index contributed by atoms with van der Waals surface area (Å²) in [5, 5.41) is 12.5. The Labute approximate surface area is 117 Å². The molecule has 0 radical (unpaired) electrons. The zero-order valence-electron chi connectivity index (χ0n) is 11.3. The van der Waals surface area contributed by atoms with Crippen LogP contribution >= 0.6 is 0 Å². The number of nitrogens with one attached hydrogen (secondary N) is 1. The van der Waals surface area contributed by atoms with Crippen LogP contribution in [0.2, 0.25) is 0 Å². The molecule has 2 aromatic carbocycles. The van der Waals surface area contributed by atoms with E-state index in [1.54, 1.807) is 25.3 Å². The van der Waals surface area contributed by atoms with Crippen molar-refractivity contribution in [1.29, 1.82) is 0 Å². The Kier molecular flexibility index (Phi) is 3.79. The van der Waals surface area contributed by atoms with Crippen molar-refractivity contribution in [3.05, 3.63) is 47.5 Å². The predicted molar refractivity (Wildman–Crippen MR) is 78.2 cm³/mol. The maximum absolute atomic E-state index is 12.1. The first-order valence-electron chi connectivity index (χ1n) is 6.06. The highest BCUT2D eigenvalue weighted by Crippen LogP contribution is 2.26. The lowest BCUT2D eigenvalue weighted by molar-refractivity contribution is 0.102. The summed E-state index contributed by atoms with van der Waals surface area (Å²) in [5.74, 6) is 0.0894. The lowest BCUT2D eigenvalue weighted by atomic mass is 10.1. The summed E-state index contributed by atoms with van der Waals surface area (Å²) in [6.07, 6.45) is 0. The Morgan fingerprint density at radius 1 is 1.30 bits per heavy atom. The monoisotopic (exact) mass is 272 g/mol. The number of ether oxygens (including phenoxy) is 1. The Morgan fingerprint density at radius 2 is 2.05 bits per heavy atom. The van der Waals surface area contributed by atoms with E-state index in [1.165, 1.54) is 12.1 Å². The zero-order valence-corrected chi connectivity index (χ0v) is 11.3. The standard InChI is InChI=1S/C15H16N2O3/c1-9-8-10(20-2)6-7-13(9)17-15(19)11-4-3-5-12(16)14(11)18/h3-8,18H,16H2,1-2H3,(H,17,19). The van der Waals surface area contributed by atoms with Crippen LogP contribution in [-0.2, 0) is 0 Å². The molecule has 0 heterocycles. The largest absolute Gasteiger partial charge is 0.505 e. The Morgan fingerprint density at radius 3 is 2.70 bits per heavy atom. The minimum Gasteiger partial charge on any atom is -0.505 e. The van der Waals surface area contributed by atoms with Gasteiger partial charge < -0.3 is 20.9 Å². The third kappa shape index (κ3) is 2.66. The average molecular weight is 272 g/mol. The molecule has 0 fully saturated rings. The topological polar surface area (TPSA) is 84.6 Å². The Balaban J connectivity index is 2.26. The van der Waals surface area contributed by atoms with Crippen molar-refractivity contribution < 1.29 is 14.6 Å². The fourth-order valence-electron chi connectivity index (χ4n) is 1.84. The first-order chi connectivity index (χ1) is 9.52. The first kappa shape index (κ1) is 13.7. The number of aryl methyl sites for hydroxylation is 1. The number of nitrogen functional groups attached to an aromatic ring is 1. The number of amides is 1. The summed E-state index contributed by atoms with van der Waals surface area (Å²) < 4.78 is 5.11. The van der Waals surface area contributed by atoms with Crippen LogP contribution in [0.4, 0.5) is 11.4 Å². The normalized spacial score (nSPS) is 10.1. The zero-order chi connectivity index (χ0) is 14.7. The van der Waals surface area contributed by atoms with Gasteiger partial charge >= 0.3 is 0 Å². The van der Waals surface area contributed by atoms with Crippen molar-refractivity contribution >= 4 is 17.3 Å². The molecule has 0 saturated heterocycles. The predicted octanol–water partition coefficient (Wildman–Crippen LogP) is 2.54. The second-order valence-electron chi connectivity index (χ2n) is 4.38. The summed E-state index contributed by atoms with van der Waals surface area (Å²) in [6, 6.07) is 9.97. The number of anilines is 2. The second-order valence-corrected chi connectivity index (χ2v) is 4.38. The van der Waals surface area contributed by atoms with Crippen LogP contribution in [0.5, 0.6) is 11.5 Å². The number of carbonyl (C=O) groups is 1. The number of benzene rings is 2. The number of nitrogens with two attached hydrogens (primary N) is 1. The van der Waals surface area contributed by atoms with Gasteiger partial charge in [0.25, 0.3) is 5.91 Å². The average Bonchev–Trinajstić information content (AvgIpc) is 2.44. The van der Waals surface area contributed by atoms with Crippen molar-refractivity contribution in [2.45, 2.75) is 6.92 Å². The van der Waals surface area contributed by atoms with Crippen molar-refractivity contribution in [3.63, 3.8) is 0 Å². The van der Waals surface area contributed by atoms with E-state index >= 15 is 0 Å². The number of phenols is 1. The molecule has 1 amide bonds. The lowest BCUT2D eigenvalue weighted by Crippen LogP contribution is -2.13. The maximum atomic E-state index is 12.1. The van der Waals surface area contributed by atoms with Gasteiger partial charge in [-0.15, -0.1) is 0 Å². The fraction of sp³-hybridized carbons (Fsp3) is 0.133. The second kappa shape index (κ2) is 5.52. The number of para-hydroxylation sites is 1. The van der Waals surface area contributed by atoms with Crippen molar-refractivity contribution in [1.82, 2.24) is 0 Å². The van der Waals surface area contributed by atoms with E-state index in [0.717, 1.165) is 5.56 Å². The van der Waals surface area contributed by atoms with Gasteiger partial charge in [0.15, 0.2) is 5.75 Å². The molecule has 0 aliphatic heterocycles. The van der Waals surface area contributed by atoms with Gasteiger partial charge in [-0.05, 0) is 42.8 Å². The molecule has 2 rings (SSSR count). The van der Waals surface area contributed by atoms with E-state index < -0.39 is 5.91 Å². The highest BCUT2D eigenvalue weighted by molar-refractivity contribution is 6.07. The molecule has 0 aliphatic carbocycles. The van der Waals surface area contributed by atoms with Crippen LogP contribution in [0, 0.1) is 6.92 Å². The molecule has 5 nitrogen and oxygen atoms in total. The molecule has 5 heteroatoms. The molecule has 0 atom stereocenters. The SMILES string of the molecule is COc1ccc(NC(=O)c2cccc(N)c2O)c(C)c1. The van der Waals surface area contributed by atoms with Gasteiger partial charge in [-0.1, -0.05) is 6.07 Å². The van der Waals surface area contributed by atoms with Crippen LogP contribution in [0.15, 0.2) is 36.4 Å². The molecule has 0 aromatic heterocycles. The molecule has 0 saturated carbocycles. The molecular weight excluding hydrogens is 256 g/mol. The Hall–Kier alpha value is -2.69. The van der Waals surface area contributed by atoms with E-state index in [4.69, 9.17) is 10.5 Å². The first-order valence-corrected chi connectivity index (χ1v) is 6.06. The Bertz CT molecular complexity index is 654. The van der Waals surface area contributed by atoms with Gasteiger partial charge in [-0.3, -0.25) is 4.79 Å². The molecule has 0 aliphatic rings. The number of hydrogen-bond donors (Lipinski definition) is 3. The molecule has 0 unspecified atom stereocenters. The molecular formula is C15H16N2O3. The molecule has 2 aromatic rings. The van der Waals surface area contributed by atoms with Crippen molar-refractivity contribution in [2.24, 2.45) is 0 Å². The van der Waals surface area contributed by atoms with Crippen LogP contribution in [-0.4, -0.2) is 18.1 Å². The molecule has 0 bridgehead atoms. The number of methoxy groups -OCH3 is 1. The van der Waals surface area contributed by atoms with E-state index in [0.29, 0.717) is 11.4 Å². The summed E-state index contributed by atoms with van der Waals surface area (Å²) in [6.45, 7) is 1.86.